The minimum absolute atomic E-state index is 0.205. The zero-order valence-corrected chi connectivity index (χ0v) is 8.77. The Kier molecular flexibility index (Phi) is 3.09. The molecule has 3 heteroatoms. The van der Waals surface area contributed by atoms with Crippen LogP contribution in [-0.2, 0) is 9.53 Å². The van der Waals surface area contributed by atoms with Crippen LogP contribution in [0.15, 0.2) is 21.7 Å². The Morgan fingerprint density at radius 3 is 2.75 bits per heavy atom. The summed E-state index contributed by atoms with van der Waals surface area (Å²) in [5, 5.41) is 0. The smallest absolute Gasteiger partial charge is 0.333 e. The van der Waals surface area contributed by atoms with Gasteiger partial charge in [-0.05, 0) is 35.9 Å². The summed E-state index contributed by atoms with van der Waals surface area (Å²) in [6.07, 6.45) is 3.63. The maximum atomic E-state index is 11.2. The molecule has 0 spiro atoms. The predicted molar refractivity (Wildman–Crippen MR) is 51.0 cm³/mol. The molecule has 0 fully saturated rings. The van der Waals surface area contributed by atoms with Gasteiger partial charge >= 0.3 is 5.97 Å². The van der Waals surface area contributed by atoms with Gasteiger partial charge in [-0.25, -0.2) is 4.79 Å². The molecule has 0 aromatic rings. The number of allylic oxidation sites excluding steroid dienone is 3. The molecule has 0 saturated heterocycles. The van der Waals surface area contributed by atoms with Gasteiger partial charge in [-0.1, -0.05) is 15.9 Å². The molecule has 0 aromatic carbocycles. The zero-order chi connectivity index (χ0) is 9.14. The van der Waals surface area contributed by atoms with Crippen LogP contribution in [0.3, 0.4) is 0 Å². The molecule has 1 rings (SSSR count). The summed E-state index contributed by atoms with van der Waals surface area (Å²) < 4.78 is 5.80. The van der Waals surface area contributed by atoms with Crippen molar-refractivity contribution in [3.8, 4) is 0 Å². The summed E-state index contributed by atoms with van der Waals surface area (Å²) in [4.78, 5) is 11.2. The molecule has 66 valence electrons. The first-order chi connectivity index (χ1) is 5.65. The van der Waals surface area contributed by atoms with E-state index in [9.17, 15) is 4.79 Å². The third-order valence-corrected chi connectivity index (χ3v) is 2.52. The zero-order valence-electron chi connectivity index (χ0n) is 7.19. The first-order valence-electron chi connectivity index (χ1n) is 3.79. The number of carbonyl (C=O) groups is 1. The Morgan fingerprint density at radius 1 is 1.58 bits per heavy atom. The van der Waals surface area contributed by atoms with Crippen LogP contribution in [0.5, 0.6) is 0 Å². The van der Waals surface area contributed by atoms with E-state index in [2.05, 4.69) is 20.7 Å². The largest absolute Gasteiger partial charge is 0.466 e. The van der Waals surface area contributed by atoms with Gasteiger partial charge in [-0.15, -0.1) is 0 Å². The lowest BCUT2D eigenvalue weighted by Crippen LogP contribution is -2.08. The maximum Gasteiger partial charge on any atom is 0.333 e. The summed E-state index contributed by atoms with van der Waals surface area (Å²) >= 11 is 3.40. The third-order valence-electron chi connectivity index (χ3n) is 1.89. The molecular formula is C9H11BrO2. The number of esters is 1. The molecule has 0 atom stereocenters. The van der Waals surface area contributed by atoms with Crippen LogP contribution in [0, 0.1) is 0 Å². The fraction of sp³-hybridized carbons (Fsp3) is 0.444. The number of halogens is 1. The first kappa shape index (κ1) is 9.52. The minimum Gasteiger partial charge on any atom is -0.466 e. The van der Waals surface area contributed by atoms with Crippen molar-refractivity contribution in [2.75, 3.05) is 7.11 Å². The van der Waals surface area contributed by atoms with E-state index in [1.165, 1.54) is 7.11 Å². The maximum absolute atomic E-state index is 11.2. The van der Waals surface area contributed by atoms with Crippen molar-refractivity contribution < 1.29 is 9.53 Å². The lowest BCUT2D eigenvalue weighted by Gasteiger charge is -2.12. The highest BCUT2D eigenvalue weighted by atomic mass is 79.9. The van der Waals surface area contributed by atoms with Gasteiger partial charge in [0.1, 0.15) is 0 Å². The summed E-state index contributed by atoms with van der Waals surface area (Å²) in [6.45, 7) is 1.92. The van der Waals surface area contributed by atoms with Crippen LogP contribution >= 0.6 is 15.9 Å². The third kappa shape index (κ3) is 1.97. The summed E-state index contributed by atoms with van der Waals surface area (Å²) in [5.41, 5.74) is 1.79. The second kappa shape index (κ2) is 3.90. The van der Waals surface area contributed by atoms with Crippen molar-refractivity contribution >= 4 is 21.9 Å². The van der Waals surface area contributed by atoms with Gasteiger partial charge in [-0.3, -0.25) is 0 Å². The van der Waals surface area contributed by atoms with Crippen LogP contribution in [0.2, 0.25) is 0 Å². The van der Waals surface area contributed by atoms with Gasteiger partial charge in [-0.2, -0.15) is 0 Å². The summed E-state index contributed by atoms with van der Waals surface area (Å²) in [7, 11) is 1.41. The van der Waals surface area contributed by atoms with Crippen molar-refractivity contribution in [2.24, 2.45) is 0 Å². The first-order valence-corrected chi connectivity index (χ1v) is 4.58. The van der Waals surface area contributed by atoms with Gasteiger partial charge in [0.05, 0.1) is 7.11 Å². The van der Waals surface area contributed by atoms with E-state index < -0.39 is 0 Å². The Morgan fingerprint density at radius 2 is 2.25 bits per heavy atom. The predicted octanol–water partition coefficient (Wildman–Crippen LogP) is 2.55. The van der Waals surface area contributed by atoms with E-state index in [1.54, 1.807) is 0 Å². The van der Waals surface area contributed by atoms with E-state index >= 15 is 0 Å². The number of ether oxygens (including phenoxy) is 1. The van der Waals surface area contributed by atoms with Crippen LogP contribution in [-0.4, -0.2) is 13.1 Å². The molecule has 0 saturated carbocycles. The van der Waals surface area contributed by atoms with Crippen LogP contribution in [0.25, 0.3) is 0 Å². The van der Waals surface area contributed by atoms with E-state index in [0.29, 0.717) is 0 Å². The summed E-state index contributed by atoms with van der Waals surface area (Å²) in [5.74, 6) is -0.205. The Labute approximate surface area is 80.4 Å². The fourth-order valence-corrected chi connectivity index (χ4v) is 1.76. The van der Waals surface area contributed by atoms with Gasteiger partial charge in [0.2, 0.25) is 0 Å². The van der Waals surface area contributed by atoms with E-state index in [1.807, 2.05) is 13.0 Å². The van der Waals surface area contributed by atoms with E-state index in [4.69, 9.17) is 0 Å². The molecular weight excluding hydrogens is 220 g/mol. The number of hydrogen-bond acceptors (Lipinski definition) is 2. The molecule has 0 bridgehead atoms. The van der Waals surface area contributed by atoms with Crippen molar-refractivity contribution in [3.05, 3.63) is 21.7 Å². The van der Waals surface area contributed by atoms with Gasteiger partial charge in [0.15, 0.2) is 0 Å². The normalized spacial score (nSPS) is 17.4. The van der Waals surface area contributed by atoms with Gasteiger partial charge in [0.25, 0.3) is 0 Å². The van der Waals surface area contributed by atoms with Crippen molar-refractivity contribution in [1.82, 2.24) is 0 Å². The number of methoxy groups -OCH3 is 1. The molecule has 0 amide bonds. The van der Waals surface area contributed by atoms with Crippen LogP contribution in [0.4, 0.5) is 0 Å². The highest BCUT2D eigenvalue weighted by Crippen LogP contribution is 2.27. The highest BCUT2D eigenvalue weighted by Gasteiger charge is 2.16. The molecule has 1 aliphatic rings. The number of carbonyl (C=O) groups excluding carboxylic acids is 1. The lowest BCUT2D eigenvalue weighted by molar-refractivity contribution is -0.136. The quantitative estimate of drug-likeness (QED) is 0.648. The monoisotopic (exact) mass is 230 g/mol. The van der Waals surface area contributed by atoms with Crippen molar-refractivity contribution in [3.63, 3.8) is 0 Å². The van der Waals surface area contributed by atoms with E-state index in [0.717, 1.165) is 28.5 Å². The fourth-order valence-electron chi connectivity index (χ4n) is 1.22. The molecule has 0 heterocycles. The van der Waals surface area contributed by atoms with Gasteiger partial charge in [0, 0.05) is 5.57 Å². The molecule has 2 nitrogen and oxygen atoms in total. The van der Waals surface area contributed by atoms with Crippen LogP contribution < -0.4 is 0 Å². The topological polar surface area (TPSA) is 26.3 Å². The Hall–Kier alpha value is -0.570. The second-order valence-corrected chi connectivity index (χ2v) is 3.76. The van der Waals surface area contributed by atoms with E-state index in [-0.39, 0.29) is 5.97 Å². The molecule has 0 N–H and O–H groups in total. The Bertz CT molecular complexity index is 264. The summed E-state index contributed by atoms with van der Waals surface area (Å²) in [6, 6.07) is 0. The number of hydrogen-bond donors (Lipinski definition) is 0. The number of rotatable bonds is 1. The Balaban J connectivity index is 2.90. The molecule has 0 aromatic heterocycles. The lowest BCUT2D eigenvalue weighted by atomic mass is 9.99. The molecule has 0 aliphatic heterocycles. The standard InChI is InChI=1S/C9H11BrO2/c1-6-5-7(10)3-4-8(6)9(11)12-2/h5H,3-4H2,1-2H3. The molecule has 0 radical (unpaired) electrons. The molecule has 0 unspecified atom stereocenters. The van der Waals surface area contributed by atoms with Crippen molar-refractivity contribution in [1.29, 1.82) is 0 Å². The minimum atomic E-state index is -0.205. The highest BCUT2D eigenvalue weighted by molar-refractivity contribution is 9.11. The van der Waals surface area contributed by atoms with Gasteiger partial charge < -0.3 is 4.74 Å². The molecule has 1 aliphatic carbocycles. The second-order valence-electron chi connectivity index (χ2n) is 2.74. The van der Waals surface area contributed by atoms with Crippen LogP contribution in [0.1, 0.15) is 19.8 Å². The SMILES string of the molecule is COC(=O)C1=C(C)C=C(Br)CC1. The van der Waals surface area contributed by atoms with Crippen molar-refractivity contribution in [2.45, 2.75) is 19.8 Å². The average molecular weight is 231 g/mol. The average Bonchev–Trinajstić information content (AvgIpc) is 2.03. The molecule has 12 heavy (non-hydrogen) atoms.